The SMILES string of the molecule is C[C@](CCl)(NC(=O)OCc1ccccc1)OC(=O)c1ccccc1. The summed E-state index contributed by atoms with van der Waals surface area (Å²) < 4.78 is 10.4. The van der Waals surface area contributed by atoms with E-state index in [4.69, 9.17) is 21.1 Å². The minimum Gasteiger partial charge on any atom is -0.445 e. The van der Waals surface area contributed by atoms with Gasteiger partial charge in [-0.1, -0.05) is 48.5 Å². The minimum absolute atomic E-state index is 0.109. The van der Waals surface area contributed by atoms with Gasteiger partial charge in [0.05, 0.1) is 11.4 Å². The van der Waals surface area contributed by atoms with Crippen molar-refractivity contribution in [2.75, 3.05) is 5.88 Å². The number of esters is 1. The van der Waals surface area contributed by atoms with E-state index in [9.17, 15) is 9.59 Å². The van der Waals surface area contributed by atoms with E-state index < -0.39 is 17.8 Å². The van der Waals surface area contributed by atoms with Gasteiger partial charge in [0.1, 0.15) is 6.61 Å². The molecule has 0 aliphatic carbocycles. The molecule has 1 atom stereocenters. The first kappa shape index (κ1) is 17.8. The third-order valence-corrected chi connectivity index (χ3v) is 3.67. The summed E-state index contributed by atoms with van der Waals surface area (Å²) in [6.07, 6.45) is -0.720. The monoisotopic (exact) mass is 347 g/mol. The van der Waals surface area contributed by atoms with E-state index in [0.717, 1.165) is 5.56 Å². The number of carbonyl (C=O) groups excluding carboxylic acids is 2. The van der Waals surface area contributed by atoms with Crippen molar-refractivity contribution in [3.63, 3.8) is 0 Å². The van der Waals surface area contributed by atoms with Crippen LogP contribution in [-0.2, 0) is 16.1 Å². The molecule has 0 saturated heterocycles. The van der Waals surface area contributed by atoms with Gasteiger partial charge in [0.25, 0.3) is 0 Å². The van der Waals surface area contributed by atoms with Crippen molar-refractivity contribution in [2.24, 2.45) is 0 Å². The molecular weight excluding hydrogens is 330 g/mol. The first-order chi connectivity index (χ1) is 11.5. The van der Waals surface area contributed by atoms with Gasteiger partial charge in [-0.05, 0) is 24.6 Å². The third-order valence-electron chi connectivity index (χ3n) is 3.16. The van der Waals surface area contributed by atoms with Crippen LogP contribution < -0.4 is 5.32 Å². The largest absolute Gasteiger partial charge is 0.445 e. The Bertz CT molecular complexity index is 678. The topological polar surface area (TPSA) is 64.6 Å². The third kappa shape index (κ3) is 5.28. The van der Waals surface area contributed by atoms with Crippen LogP contribution in [0, 0.1) is 0 Å². The van der Waals surface area contributed by atoms with E-state index in [-0.39, 0.29) is 12.5 Å². The summed E-state index contributed by atoms with van der Waals surface area (Å²) in [5.74, 6) is -0.700. The number of hydrogen-bond acceptors (Lipinski definition) is 4. The molecular formula is C18H18ClNO4. The van der Waals surface area contributed by atoms with Crippen molar-refractivity contribution >= 4 is 23.7 Å². The van der Waals surface area contributed by atoms with Crippen LogP contribution in [0.3, 0.4) is 0 Å². The molecule has 0 radical (unpaired) electrons. The van der Waals surface area contributed by atoms with Gasteiger partial charge >= 0.3 is 12.1 Å². The van der Waals surface area contributed by atoms with Crippen LogP contribution in [0.15, 0.2) is 60.7 Å². The Morgan fingerprint density at radius 2 is 1.62 bits per heavy atom. The van der Waals surface area contributed by atoms with Crippen LogP contribution >= 0.6 is 11.6 Å². The van der Waals surface area contributed by atoms with Gasteiger partial charge in [0, 0.05) is 0 Å². The van der Waals surface area contributed by atoms with E-state index in [1.54, 1.807) is 30.3 Å². The highest BCUT2D eigenvalue weighted by molar-refractivity contribution is 6.18. The van der Waals surface area contributed by atoms with Gasteiger partial charge in [-0.3, -0.25) is 5.32 Å². The average Bonchev–Trinajstić information content (AvgIpc) is 2.61. The molecule has 1 amide bonds. The summed E-state index contributed by atoms with van der Waals surface area (Å²) >= 11 is 5.85. The maximum absolute atomic E-state index is 12.1. The molecule has 0 heterocycles. The standard InChI is InChI=1S/C18H18ClNO4/c1-18(13-19,24-16(21)15-10-6-3-7-11-15)20-17(22)23-12-14-8-4-2-5-9-14/h2-11H,12-13H2,1H3,(H,20,22)/t18-/m0/s1. The normalized spacial score (nSPS) is 12.8. The number of alkyl carbamates (subject to hydrolysis) is 1. The molecule has 0 saturated carbocycles. The van der Waals surface area contributed by atoms with E-state index >= 15 is 0 Å². The lowest BCUT2D eigenvalue weighted by atomic mass is 10.2. The zero-order valence-corrected chi connectivity index (χ0v) is 14.0. The smallest absolute Gasteiger partial charge is 0.410 e. The molecule has 2 aromatic rings. The van der Waals surface area contributed by atoms with Gasteiger partial charge in [-0.15, -0.1) is 11.6 Å². The predicted octanol–water partition coefficient (Wildman–Crippen LogP) is 3.72. The Hall–Kier alpha value is -2.53. The number of halogens is 1. The number of carbonyl (C=O) groups is 2. The van der Waals surface area contributed by atoms with Gasteiger partial charge in [0.2, 0.25) is 0 Å². The lowest BCUT2D eigenvalue weighted by Crippen LogP contribution is -2.51. The molecule has 126 valence electrons. The molecule has 0 bridgehead atoms. The molecule has 24 heavy (non-hydrogen) atoms. The van der Waals surface area contributed by atoms with E-state index in [2.05, 4.69) is 5.32 Å². The van der Waals surface area contributed by atoms with Crippen molar-refractivity contribution in [2.45, 2.75) is 19.3 Å². The fourth-order valence-electron chi connectivity index (χ4n) is 1.90. The highest BCUT2D eigenvalue weighted by atomic mass is 35.5. The van der Waals surface area contributed by atoms with Crippen molar-refractivity contribution in [1.29, 1.82) is 0 Å². The number of amides is 1. The van der Waals surface area contributed by atoms with Crippen LogP contribution in [0.2, 0.25) is 0 Å². The Kier molecular flexibility index (Phi) is 6.21. The number of nitrogens with one attached hydrogen (secondary N) is 1. The Balaban J connectivity index is 1.91. The highest BCUT2D eigenvalue weighted by Crippen LogP contribution is 2.14. The van der Waals surface area contributed by atoms with E-state index in [1.807, 2.05) is 30.3 Å². The molecule has 6 heteroatoms. The quantitative estimate of drug-likeness (QED) is 0.491. The fraction of sp³-hybridized carbons (Fsp3) is 0.222. The number of alkyl halides is 1. The van der Waals surface area contributed by atoms with Crippen LogP contribution in [-0.4, -0.2) is 23.7 Å². The van der Waals surface area contributed by atoms with Crippen molar-refractivity contribution < 1.29 is 19.1 Å². The summed E-state index contributed by atoms with van der Waals surface area (Å²) in [6.45, 7) is 1.61. The lowest BCUT2D eigenvalue weighted by molar-refractivity contribution is -0.0150. The minimum atomic E-state index is -1.37. The molecule has 0 aliphatic heterocycles. The maximum Gasteiger partial charge on any atom is 0.410 e. The number of benzene rings is 2. The number of rotatable bonds is 6. The zero-order chi connectivity index (χ0) is 17.4. The molecule has 5 nitrogen and oxygen atoms in total. The first-order valence-corrected chi connectivity index (χ1v) is 7.89. The second-order valence-corrected chi connectivity index (χ2v) is 5.57. The van der Waals surface area contributed by atoms with Crippen molar-refractivity contribution in [3.8, 4) is 0 Å². The van der Waals surface area contributed by atoms with Crippen molar-refractivity contribution in [1.82, 2.24) is 5.32 Å². The second kappa shape index (κ2) is 8.36. The number of hydrogen-bond donors (Lipinski definition) is 1. The predicted molar refractivity (Wildman–Crippen MR) is 90.7 cm³/mol. The van der Waals surface area contributed by atoms with Crippen LogP contribution in [0.1, 0.15) is 22.8 Å². The molecule has 2 aromatic carbocycles. The van der Waals surface area contributed by atoms with Gasteiger partial charge in [-0.25, -0.2) is 9.59 Å². The zero-order valence-electron chi connectivity index (χ0n) is 13.2. The second-order valence-electron chi connectivity index (χ2n) is 5.31. The fourth-order valence-corrected chi connectivity index (χ4v) is 2.02. The summed E-state index contributed by atoms with van der Waals surface area (Å²) in [7, 11) is 0. The summed E-state index contributed by atoms with van der Waals surface area (Å²) in [4.78, 5) is 24.0. The molecule has 0 unspecified atom stereocenters. The Labute approximate surface area is 145 Å². The Morgan fingerprint density at radius 1 is 1.04 bits per heavy atom. The van der Waals surface area contributed by atoms with E-state index in [0.29, 0.717) is 5.56 Å². The molecule has 0 fully saturated rings. The molecule has 1 N–H and O–H groups in total. The molecule has 0 spiro atoms. The maximum atomic E-state index is 12.1. The van der Waals surface area contributed by atoms with Crippen LogP contribution in [0.5, 0.6) is 0 Å². The van der Waals surface area contributed by atoms with Crippen molar-refractivity contribution in [3.05, 3.63) is 71.8 Å². The molecule has 2 rings (SSSR count). The summed E-state index contributed by atoms with van der Waals surface area (Å²) in [6, 6.07) is 17.7. The highest BCUT2D eigenvalue weighted by Gasteiger charge is 2.31. The van der Waals surface area contributed by atoms with Gasteiger partial charge < -0.3 is 9.47 Å². The van der Waals surface area contributed by atoms with E-state index in [1.165, 1.54) is 6.92 Å². The van der Waals surface area contributed by atoms with Gasteiger partial charge in [0.15, 0.2) is 5.72 Å². The summed E-state index contributed by atoms with van der Waals surface area (Å²) in [5, 5.41) is 2.48. The van der Waals surface area contributed by atoms with Crippen LogP contribution in [0.25, 0.3) is 0 Å². The van der Waals surface area contributed by atoms with Gasteiger partial charge in [-0.2, -0.15) is 0 Å². The average molecular weight is 348 g/mol. The van der Waals surface area contributed by atoms with Crippen LogP contribution in [0.4, 0.5) is 4.79 Å². The molecule has 0 aliphatic rings. The Morgan fingerprint density at radius 3 is 2.21 bits per heavy atom. The summed E-state index contributed by atoms with van der Waals surface area (Å²) in [5.41, 5.74) is -0.155. The molecule has 0 aromatic heterocycles. The lowest BCUT2D eigenvalue weighted by Gasteiger charge is -2.28. The number of ether oxygens (including phenoxy) is 2. The first-order valence-electron chi connectivity index (χ1n) is 7.36.